The third kappa shape index (κ3) is 27.9. The van der Waals surface area contributed by atoms with Crippen LogP contribution in [-0.4, -0.2) is 255 Å². The Morgan fingerprint density at radius 3 is 1.49 bits per heavy atom. The number of carbonyl (C=O) groups excluding carboxylic acids is 6. The molecule has 2 aliphatic rings. The predicted molar refractivity (Wildman–Crippen MR) is 242 cm³/mol. The van der Waals surface area contributed by atoms with Gasteiger partial charge in [0.2, 0.25) is 11.8 Å². The van der Waals surface area contributed by atoms with Gasteiger partial charge >= 0.3 is 23.9 Å². The van der Waals surface area contributed by atoms with Crippen LogP contribution in [0.4, 0.5) is 0 Å². The Morgan fingerprint density at radius 2 is 1.00 bits per heavy atom. The summed E-state index contributed by atoms with van der Waals surface area (Å²) in [6, 6.07) is 4.93. The molecule has 1 saturated heterocycles. The Kier molecular flexibility index (Phi) is 30.7. The summed E-state index contributed by atoms with van der Waals surface area (Å²) in [5, 5.41) is 45.7. The number of imide groups is 1. The zero-order chi connectivity index (χ0) is 51.3. The van der Waals surface area contributed by atoms with Gasteiger partial charge in [-0.2, -0.15) is 0 Å². The van der Waals surface area contributed by atoms with E-state index in [1.807, 2.05) is 0 Å². The molecule has 0 saturated carbocycles. The topological polar surface area (TPSA) is 341 Å². The summed E-state index contributed by atoms with van der Waals surface area (Å²) in [5.41, 5.74) is 0.540. The van der Waals surface area contributed by atoms with Crippen LogP contribution in [0.1, 0.15) is 18.4 Å². The third-order valence-corrected chi connectivity index (χ3v) is 10.5. The maximum atomic E-state index is 13.1. The Bertz CT molecular complexity index is 1910. The average molecular weight is 1150 g/mol. The van der Waals surface area contributed by atoms with Crippen LogP contribution < -0.4 is 20.7 Å². The normalized spacial score (nSPS) is 15.7. The molecule has 1 atom stereocenters. The van der Waals surface area contributed by atoms with Gasteiger partial charge in [0.25, 0.3) is 17.7 Å². The largest absolute Gasteiger partial charge is 0.484 e. The fourth-order valence-electron chi connectivity index (χ4n) is 6.87. The van der Waals surface area contributed by atoms with Crippen molar-refractivity contribution in [3.05, 3.63) is 42.0 Å². The molecule has 7 N–H and O–H groups in total. The van der Waals surface area contributed by atoms with Crippen LogP contribution >= 0.6 is 0 Å². The fourth-order valence-corrected chi connectivity index (χ4v) is 6.87. The molecule has 396 valence electrons. The first-order valence-electron chi connectivity index (χ1n) is 22.6. The number of aliphatic carboxylic acids is 4. The molecule has 0 aliphatic carbocycles. The van der Waals surface area contributed by atoms with E-state index in [9.17, 15) is 68.4 Å². The number of rotatable bonds is 32. The van der Waals surface area contributed by atoms with E-state index in [0.717, 1.165) is 4.90 Å². The summed E-state index contributed by atoms with van der Waals surface area (Å²) in [4.78, 5) is 127. The molecule has 71 heavy (non-hydrogen) atoms. The maximum absolute atomic E-state index is 13.1. The first-order valence-corrected chi connectivity index (χ1v) is 22.6. The van der Waals surface area contributed by atoms with Crippen molar-refractivity contribution in [2.75, 3.05) is 144 Å². The number of amides is 5. The summed E-state index contributed by atoms with van der Waals surface area (Å²) >= 11 is 0. The molecule has 1 aromatic carbocycles. The Morgan fingerprint density at radius 1 is 0.549 bits per heavy atom. The standard InChI is InChI=1S/C44H64N8O18.Gd/c53-33(26-48-12-14-49(27-41(59)60)16-18-51(29-43(63)64)19-17-50(15-13-48)28-42(61)62)3-6-36(54)47-35(44(65)66)25-32-1-4-34(5-2-32)70-31-38(56)46-10-20-67-21-22-68-23-24-69-30-37(55)45-9-11-52-39(57)7-8-40(52)58;/h1-2,4-5,7-8,35H,3,6,9-31H2,(H,45,55)(H,46,56)(H,47,54)(H,59,60)(H,61,62)(H,63,64)(H,65,66);/t35-;/m0./s1. The molecule has 5 amide bonds. The second kappa shape index (κ2) is 35.1. The van der Waals surface area contributed by atoms with Gasteiger partial charge in [0, 0.05) is 143 Å². The van der Waals surface area contributed by atoms with Crippen molar-refractivity contribution >= 4 is 59.2 Å². The van der Waals surface area contributed by atoms with Crippen LogP contribution in [0.25, 0.3) is 0 Å². The van der Waals surface area contributed by atoms with Gasteiger partial charge in [-0.25, -0.2) is 4.79 Å². The van der Waals surface area contributed by atoms with E-state index in [1.165, 1.54) is 12.2 Å². The zero-order valence-electron chi connectivity index (χ0n) is 39.3. The number of carboxylic acid groups (broad SMARTS) is 4. The molecule has 0 spiro atoms. The van der Waals surface area contributed by atoms with Crippen molar-refractivity contribution in [1.82, 2.24) is 40.4 Å². The van der Waals surface area contributed by atoms with Crippen molar-refractivity contribution in [3.8, 4) is 5.75 Å². The molecule has 2 heterocycles. The van der Waals surface area contributed by atoms with Crippen LogP contribution in [0.3, 0.4) is 0 Å². The molecular weight excluding hydrogens is 1090 g/mol. The van der Waals surface area contributed by atoms with Crippen LogP contribution in [0.15, 0.2) is 36.4 Å². The molecule has 2 aliphatic heterocycles. The summed E-state index contributed by atoms with van der Waals surface area (Å²) in [7, 11) is 0. The molecule has 0 unspecified atom stereocenters. The molecule has 1 aromatic rings. The van der Waals surface area contributed by atoms with Gasteiger partial charge in [-0.1, -0.05) is 12.1 Å². The van der Waals surface area contributed by atoms with E-state index in [4.69, 9.17) is 18.9 Å². The van der Waals surface area contributed by atoms with Crippen molar-refractivity contribution in [3.63, 3.8) is 0 Å². The van der Waals surface area contributed by atoms with Gasteiger partial charge in [-0.3, -0.25) is 67.7 Å². The minimum absolute atomic E-state index is 0. The van der Waals surface area contributed by atoms with Gasteiger partial charge in [0.15, 0.2) is 6.61 Å². The van der Waals surface area contributed by atoms with Gasteiger partial charge in [0.05, 0.1) is 59.2 Å². The molecule has 27 heteroatoms. The van der Waals surface area contributed by atoms with Crippen LogP contribution in [0, 0.1) is 39.9 Å². The van der Waals surface area contributed by atoms with E-state index in [1.54, 1.807) is 43.9 Å². The van der Waals surface area contributed by atoms with Gasteiger partial charge in [0.1, 0.15) is 24.2 Å². The second-order valence-electron chi connectivity index (χ2n) is 16.1. The van der Waals surface area contributed by atoms with Crippen LogP contribution in [0.5, 0.6) is 5.75 Å². The monoisotopic (exact) mass is 1150 g/mol. The molecule has 3 rings (SSSR count). The van der Waals surface area contributed by atoms with E-state index >= 15 is 0 Å². The number of nitrogens with zero attached hydrogens (tertiary/aromatic N) is 5. The second-order valence-corrected chi connectivity index (χ2v) is 16.1. The summed E-state index contributed by atoms with van der Waals surface area (Å²) < 4.78 is 21.5. The predicted octanol–water partition coefficient (Wildman–Crippen LogP) is -3.79. The number of benzene rings is 1. The summed E-state index contributed by atoms with van der Waals surface area (Å²) in [6.45, 7) is 1.57. The van der Waals surface area contributed by atoms with E-state index in [-0.39, 0.29) is 209 Å². The quantitative estimate of drug-likeness (QED) is 0.0269. The van der Waals surface area contributed by atoms with Crippen molar-refractivity contribution in [1.29, 1.82) is 0 Å². The van der Waals surface area contributed by atoms with E-state index in [0.29, 0.717) is 11.3 Å². The van der Waals surface area contributed by atoms with Gasteiger partial charge < -0.3 is 55.3 Å². The van der Waals surface area contributed by atoms with Crippen molar-refractivity contribution < 1.29 is 127 Å². The zero-order valence-corrected chi connectivity index (χ0v) is 41.6. The molecular formula is C44H64GdN8O18. The number of ketones is 1. The number of hydrogen-bond donors (Lipinski definition) is 7. The first kappa shape index (κ1) is 62.0. The molecule has 1 fully saturated rings. The van der Waals surface area contributed by atoms with Crippen molar-refractivity contribution in [2.24, 2.45) is 0 Å². The SMILES string of the molecule is O=C(O)CN1CCN(CC(=O)O)CCN(CC(=O)CCC(=O)N[C@@H](Cc2ccc(OCC(=O)NCCOCCOCCOCC(=O)NCCN3C(=O)C=CC3=O)cc2)C(=O)O)CCN(CC(=O)O)CC1.[Gd]. The molecule has 0 bridgehead atoms. The number of Topliss-reactive ketones (excluding diaryl/α,β-unsaturated/α-hetero) is 1. The maximum Gasteiger partial charge on any atom is 0.326 e. The van der Waals surface area contributed by atoms with E-state index in [2.05, 4.69) is 16.0 Å². The average Bonchev–Trinajstić information content (AvgIpc) is 3.62. The molecule has 0 radical (unpaired) electrons. The van der Waals surface area contributed by atoms with Crippen molar-refractivity contribution in [2.45, 2.75) is 25.3 Å². The number of carbonyl (C=O) groups is 10. The Hall–Kier alpha value is -5.10. The third-order valence-electron chi connectivity index (χ3n) is 10.5. The number of ether oxygens (including phenoxy) is 4. The minimum Gasteiger partial charge on any atom is -0.484 e. The molecule has 26 nitrogen and oxygen atoms in total. The fraction of sp³-hybridized carbons (Fsp3) is 0.591. The van der Waals surface area contributed by atoms with E-state index < -0.39 is 59.5 Å². The van der Waals surface area contributed by atoms with Crippen LogP contribution in [0.2, 0.25) is 0 Å². The Balaban J connectivity index is 0.0000173. The first-order chi connectivity index (χ1) is 33.5. The number of hydrogen-bond acceptors (Lipinski definition) is 18. The Labute approximate surface area is 441 Å². The summed E-state index contributed by atoms with van der Waals surface area (Å²) in [5.74, 6) is -6.89. The molecule has 0 aromatic heterocycles. The number of nitrogens with one attached hydrogen (secondary N) is 3. The van der Waals surface area contributed by atoms with Gasteiger partial charge in [-0.15, -0.1) is 0 Å². The minimum atomic E-state index is -1.32. The smallest absolute Gasteiger partial charge is 0.326 e. The summed E-state index contributed by atoms with van der Waals surface area (Å²) in [6.07, 6.45) is 1.71. The van der Waals surface area contributed by atoms with Gasteiger partial charge in [-0.05, 0) is 17.7 Å². The van der Waals surface area contributed by atoms with Crippen LogP contribution in [-0.2, 0) is 68.6 Å². The number of carboxylic acids is 4.